The van der Waals surface area contributed by atoms with Gasteiger partial charge in [0.25, 0.3) is 0 Å². The molecule has 1 atom stereocenters. The molecule has 80 valence electrons. The summed E-state index contributed by atoms with van der Waals surface area (Å²) in [5.41, 5.74) is 6.01. The van der Waals surface area contributed by atoms with Crippen LogP contribution in [0.1, 0.15) is 19.7 Å². The molecule has 4 heteroatoms. The number of rotatable bonds is 5. The molecule has 1 rings (SSSR count). The lowest BCUT2D eigenvalue weighted by Crippen LogP contribution is -2.27. The van der Waals surface area contributed by atoms with Gasteiger partial charge in [0, 0.05) is 37.7 Å². The molecule has 1 aromatic heterocycles. The Morgan fingerprint density at radius 3 is 2.79 bits per heavy atom. The number of hydrogen-bond acceptors (Lipinski definition) is 3. The van der Waals surface area contributed by atoms with Gasteiger partial charge in [0.05, 0.1) is 0 Å². The highest BCUT2D eigenvalue weighted by Crippen LogP contribution is 2.11. The van der Waals surface area contributed by atoms with E-state index in [2.05, 4.69) is 18.8 Å². The molecule has 1 aromatic rings. The molecule has 2 N–H and O–H groups in total. The number of aromatic nitrogens is 2. The van der Waals surface area contributed by atoms with E-state index in [-0.39, 0.29) is 6.04 Å². The molecule has 1 unspecified atom stereocenters. The first-order valence-corrected chi connectivity index (χ1v) is 5.98. The van der Waals surface area contributed by atoms with Gasteiger partial charge in [-0.15, -0.1) is 0 Å². The van der Waals surface area contributed by atoms with Crippen molar-refractivity contribution in [2.24, 2.45) is 12.8 Å². The molecule has 0 amide bonds. The Morgan fingerprint density at radius 2 is 2.29 bits per heavy atom. The molecular formula is C10H19N3S. The predicted molar refractivity (Wildman–Crippen MR) is 62.5 cm³/mol. The zero-order valence-corrected chi connectivity index (χ0v) is 9.92. The summed E-state index contributed by atoms with van der Waals surface area (Å²) >= 11 is 1.91. The lowest BCUT2D eigenvalue weighted by molar-refractivity contribution is 0.678. The number of hydrogen-bond donors (Lipinski definition) is 1. The highest BCUT2D eigenvalue weighted by atomic mass is 32.2. The maximum Gasteiger partial charge on any atom is 0.109 e. The molecule has 1 heterocycles. The Balaban J connectivity index is 2.34. The topological polar surface area (TPSA) is 43.8 Å². The third kappa shape index (κ3) is 3.72. The van der Waals surface area contributed by atoms with Gasteiger partial charge in [0.1, 0.15) is 5.82 Å². The van der Waals surface area contributed by atoms with Crippen molar-refractivity contribution in [3.05, 3.63) is 18.2 Å². The van der Waals surface area contributed by atoms with E-state index in [4.69, 9.17) is 5.73 Å². The van der Waals surface area contributed by atoms with Crippen molar-refractivity contribution in [1.29, 1.82) is 0 Å². The number of aryl methyl sites for hydroxylation is 1. The van der Waals surface area contributed by atoms with Crippen LogP contribution in [0.25, 0.3) is 0 Å². The standard InChI is InChI=1S/C10H19N3S/c1-8(2)14-7-9(11)6-10-12-4-5-13(10)3/h4-5,8-9H,6-7,11H2,1-3H3. The Morgan fingerprint density at radius 1 is 1.57 bits per heavy atom. The van der Waals surface area contributed by atoms with Crippen molar-refractivity contribution in [2.45, 2.75) is 31.6 Å². The molecule has 0 aliphatic rings. The van der Waals surface area contributed by atoms with Gasteiger partial charge in [0.2, 0.25) is 0 Å². The molecule has 0 aliphatic heterocycles. The fourth-order valence-electron chi connectivity index (χ4n) is 1.20. The maximum absolute atomic E-state index is 6.01. The molecule has 0 spiro atoms. The molecule has 0 bridgehead atoms. The molecule has 0 saturated carbocycles. The first-order valence-electron chi connectivity index (χ1n) is 4.93. The number of thioether (sulfide) groups is 1. The van der Waals surface area contributed by atoms with E-state index >= 15 is 0 Å². The molecule has 0 radical (unpaired) electrons. The Labute approximate surface area is 90.1 Å². The normalized spacial score (nSPS) is 13.5. The molecule has 0 aliphatic carbocycles. The second kappa shape index (κ2) is 5.41. The third-order valence-electron chi connectivity index (χ3n) is 2.01. The SMILES string of the molecule is CC(C)SCC(N)Cc1nccn1C. The van der Waals surface area contributed by atoms with Crippen LogP contribution in [0.5, 0.6) is 0 Å². The minimum atomic E-state index is 0.212. The summed E-state index contributed by atoms with van der Waals surface area (Å²) < 4.78 is 2.03. The summed E-state index contributed by atoms with van der Waals surface area (Å²) in [6.07, 6.45) is 4.64. The van der Waals surface area contributed by atoms with Crippen LogP contribution in [-0.2, 0) is 13.5 Å². The van der Waals surface area contributed by atoms with Crippen LogP contribution in [-0.4, -0.2) is 26.6 Å². The lowest BCUT2D eigenvalue weighted by atomic mass is 10.2. The van der Waals surface area contributed by atoms with Crippen molar-refractivity contribution < 1.29 is 0 Å². The third-order valence-corrected chi connectivity index (χ3v) is 3.30. The van der Waals surface area contributed by atoms with E-state index in [1.54, 1.807) is 0 Å². The van der Waals surface area contributed by atoms with Crippen molar-refractivity contribution >= 4 is 11.8 Å². The van der Waals surface area contributed by atoms with Gasteiger partial charge in [-0.05, 0) is 5.25 Å². The van der Waals surface area contributed by atoms with Crippen LogP contribution < -0.4 is 5.73 Å². The average Bonchev–Trinajstić information content (AvgIpc) is 2.49. The summed E-state index contributed by atoms with van der Waals surface area (Å²) in [6, 6.07) is 0.212. The summed E-state index contributed by atoms with van der Waals surface area (Å²) in [4.78, 5) is 4.26. The Kier molecular flexibility index (Phi) is 4.48. The number of imidazole rings is 1. The minimum Gasteiger partial charge on any atom is -0.338 e. The van der Waals surface area contributed by atoms with Crippen molar-refractivity contribution in [3.8, 4) is 0 Å². The van der Waals surface area contributed by atoms with Gasteiger partial charge >= 0.3 is 0 Å². The zero-order valence-electron chi connectivity index (χ0n) is 9.10. The number of nitrogens with zero attached hydrogens (tertiary/aromatic N) is 2. The first kappa shape index (κ1) is 11.6. The van der Waals surface area contributed by atoms with Crippen LogP contribution >= 0.6 is 11.8 Å². The fourth-order valence-corrected chi connectivity index (χ4v) is 1.95. The van der Waals surface area contributed by atoms with Crippen LogP contribution in [0.15, 0.2) is 12.4 Å². The molecule has 0 fully saturated rings. The van der Waals surface area contributed by atoms with E-state index in [0.29, 0.717) is 5.25 Å². The second-order valence-corrected chi connectivity index (χ2v) is 5.41. The lowest BCUT2D eigenvalue weighted by Gasteiger charge is -2.12. The smallest absolute Gasteiger partial charge is 0.109 e. The van der Waals surface area contributed by atoms with Gasteiger partial charge in [0.15, 0.2) is 0 Å². The van der Waals surface area contributed by atoms with Gasteiger partial charge < -0.3 is 10.3 Å². The largest absolute Gasteiger partial charge is 0.338 e. The van der Waals surface area contributed by atoms with Crippen LogP contribution in [0.3, 0.4) is 0 Å². The average molecular weight is 213 g/mol. The van der Waals surface area contributed by atoms with E-state index < -0.39 is 0 Å². The molecule has 0 aromatic carbocycles. The molecule has 3 nitrogen and oxygen atoms in total. The maximum atomic E-state index is 6.01. The summed E-state index contributed by atoms with van der Waals surface area (Å²) in [7, 11) is 2.00. The quantitative estimate of drug-likeness (QED) is 0.804. The van der Waals surface area contributed by atoms with E-state index in [0.717, 1.165) is 18.0 Å². The van der Waals surface area contributed by atoms with Gasteiger partial charge in [-0.1, -0.05) is 13.8 Å². The van der Waals surface area contributed by atoms with Crippen LogP contribution in [0.4, 0.5) is 0 Å². The molecular weight excluding hydrogens is 194 g/mol. The zero-order chi connectivity index (χ0) is 10.6. The highest BCUT2D eigenvalue weighted by molar-refractivity contribution is 7.99. The Bertz CT molecular complexity index is 270. The second-order valence-electron chi connectivity index (χ2n) is 3.80. The van der Waals surface area contributed by atoms with E-state index in [1.807, 2.05) is 35.8 Å². The van der Waals surface area contributed by atoms with Crippen LogP contribution in [0.2, 0.25) is 0 Å². The first-order chi connectivity index (χ1) is 6.59. The summed E-state index contributed by atoms with van der Waals surface area (Å²) in [6.45, 7) is 4.39. The van der Waals surface area contributed by atoms with E-state index in [1.165, 1.54) is 0 Å². The monoisotopic (exact) mass is 213 g/mol. The molecule has 14 heavy (non-hydrogen) atoms. The van der Waals surface area contributed by atoms with Crippen molar-refractivity contribution in [3.63, 3.8) is 0 Å². The van der Waals surface area contributed by atoms with Gasteiger partial charge in [-0.25, -0.2) is 4.98 Å². The van der Waals surface area contributed by atoms with Crippen molar-refractivity contribution in [2.75, 3.05) is 5.75 Å². The highest BCUT2D eigenvalue weighted by Gasteiger charge is 2.08. The predicted octanol–water partition coefficient (Wildman–Crippen LogP) is 1.43. The Hall–Kier alpha value is -0.480. The van der Waals surface area contributed by atoms with Crippen molar-refractivity contribution in [1.82, 2.24) is 9.55 Å². The van der Waals surface area contributed by atoms with E-state index in [9.17, 15) is 0 Å². The molecule has 0 saturated heterocycles. The van der Waals surface area contributed by atoms with Gasteiger partial charge in [-0.2, -0.15) is 11.8 Å². The number of nitrogens with two attached hydrogens (primary N) is 1. The summed E-state index contributed by atoms with van der Waals surface area (Å²) in [5.74, 6) is 2.08. The van der Waals surface area contributed by atoms with Gasteiger partial charge in [-0.3, -0.25) is 0 Å². The minimum absolute atomic E-state index is 0.212. The summed E-state index contributed by atoms with van der Waals surface area (Å²) in [5, 5.41) is 0.655. The van der Waals surface area contributed by atoms with Crippen LogP contribution in [0, 0.1) is 0 Å². The fraction of sp³-hybridized carbons (Fsp3) is 0.700.